The number of unbranched alkanes of at least 4 members (excludes halogenated alkanes) is 5. The maximum absolute atomic E-state index is 12.2. The van der Waals surface area contributed by atoms with Gasteiger partial charge in [-0.1, -0.05) is 50.8 Å². The van der Waals surface area contributed by atoms with Crippen molar-refractivity contribution in [3.05, 3.63) is 35.4 Å². The van der Waals surface area contributed by atoms with E-state index in [9.17, 15) is 9.59 Å². The van der Waals surface area contributed by atoms with Gasteiger partial charge in [0.2, 0.25) is 0 Å². The molecule has 0 aromatic heterocycles. The molecule has 0 fully saturated rings. The lowest BCUT2D eigenvalue weighted by molar-refractivity contribution is -0.107. The van der Waals surface area contributed by atoms with Gasteiger partial charge in [-0.3, -0.25) is 4.79 Å². The Hall–Kier alpha value is -1.64. The van der Waals surface area contributed by atoms with E-state index in [0.717, 1.165) is 68.9 Å². The Kier molecular flexibility index (Phi) is 9.18. The third-order valence-corrected chi connectivity index (χ3v) is 3.57. The largest absolute Gasteiger partial charge is 0.352 e. The molecule has 0 aliphatic carbocycles. The second kappa shape index (κ2) is 11.1. The Bertz CT molecular complexity index is 429. The van der Waals surface area contributed by atoms with Crippen LogP contribution in [0.25, 0.3) is 0 Å². The summed E-state index contributed by atoms with van der Waals surface area (Å²) >= 11 is 0. The molecule has 0 atom stereocenters. The van der Waals surface area contributed by atoms with E-state index in [4.69, 9.17) is 0 Å². The van der Waals surface area contributed by atoms with Crippen LogP contribution in [0.1, 0.15) is 67.8 Å². The maximum atomic E-state index is 12.2. The molecule has 0 aliphatic rings. The Morgan fingerprint density at radius 3 is 2.57 bits per heavy atom. The topological polar surface area (TPSA) is 46.2 Å². The van der Waals surface area contributed by atoms with Crippen molar-refractivity contribution in [1.29, 1.82) is 0 Å². The Morgan fingerprint density at radius 1 is 1.10 bits per heavy atom. The van der Waals surface area contributed by atoms with E-state index >= 15 is 0 Å². The van der Waals surface area contributed by atoms with Gasteiger partial charge in [-0.25, -0.2) is 0 Å². The first-order valence-electron chi connectivity index (χ1n) is 8.09. The smallest absolute Gasteiger partial charge is 0.251 e. The van der Waals surface area contributed by atoms with Crippen LogP contribution in [0.5, 0.6) is 0 Å². The molecule has 0 bridgehead atoms. The number of nitrogens with one attached hydrogen (secondary N) is 1. The third kappa shape index (κ3) is 7.07. The molecule has 1 N–H and O–H groups in total. The summed E-state index contributed by atoms with van der Waals surface area (Å²) in [6, 6.07) is 7.84. The summed E-state index contributed by atoms with van der Waals surface area (Å²) in [5.41, 5.74) is 1.94. The van der Waals surface area contributed by atoms with Crippen molar-refractivity contribution in [3.8, 4) is 0 Å². The molecule has 1 aromatic rings. The quantitative estimate of drug-likeness (QED) is 0.496. The van der Waals surface area contributed by atoms with Crippen molar-refractivity contribution in [2.75, 3.05) is 6.54 Å². The van der Waals surface area contributed by atoms with Crippen LogP contribution in [-0.4, -0.2) is 18.7 Å². The van der Waals surface area contributed by atoms with Crippen molar-refractivity contribution >= 4 is 12.2 Å². The zero-order valence-corrected chi connectivity index (χ0v) is 13.1. The Morgan fingerprint density at radius 2 is 1.81 bits per heavy atom. The highest BCUT2D eigenvalue weighted by molar-refractivity contribution is 5.95. The number of carbonyl (C=O) groups excluding carboxylic acids is 2. The molecule has 3 nitrogen and oxygen atoms in total. The lowest BCUT2D eigenvalue weighted by Gasteiger charge is -2.09. The minimum Gasteiger partial charge on any atom is -0.352 e. The number of amides is 1. The molecule has 0 saturated heterocycles. The molecule has 1 rings (SSSR count). The van der Waals surface area contributed by atoms with Crippen LogP contribution in [0, 0.1) is 0 Å². The lowest BCUT2D eigenvalue weighted by Crippen LogP contribution is -2.25. The third-order valence-electron chi connectivity index (χ3n) is 3.57. The van der Waals surface area contributed by atoms with Crippen molar-refractivity contribution < 1.29 is 9.59 Å². The van der Waals surface area contributed by atoms with Gasteiger partial charge in [-0.2, -0.15) is 0 Å². The average molecular weight is 289 g/mol. The predicted octanol–water partition coefficient (Wildman–Crippen LogP) is 3.91. The van der Waals surface area contributed by atoms with Crippen molar-refractivity contribution in [2.24, 2.45) is 0 Å². The second-order valence-electron chi connectivity index (χ2n) is 5.39. The number of aryl methyl sites for hydroxylation is 1. The Balaban J connectivity index is 2.23. The molecule has 0 aliphatic heterocycles. The number of hydrogen-bond acceptors (Lipinski definition) is 2. The van der Waals surface area contributed by atoms with E-state index in [1.54, 1.807) is 0 Å². The van der Waals surface area contributed by atoms with Crippen LogP contribution >= 0.6 is 0 Å². The maximum Gasteiger partial charge on any atom is 0.251 e. The van der Waals surface area contributed by atoms with Crippen molar-refractivity contribution in [2.45, 2.75) is 58.3 Å². The fraction of sp³-hybridized carbons (Fsp3) is 0.556. The average Bonchev–Trinajstić information content (AvgIpc) is 2.50. The predicted molar refractivity (Wildman–Crippen MR) is 86.5 cm³/mol. The van der Waals surface area contributed by atoms with Gasteiger partial charge >= 0.3 is 0 Å². The van der Waals surface area contributed by atoms with Gasteiger partial charge in [-0.15, -0.1) is 0 Å². The minimum atomic E-state index is 0.0417. The van der Waals surface area contributed by atoms with Gasteiger partial charge in [0.15, 0.2) is 0 Å². The van der Waals surface area contributed by atoms with Crippen LogP contribution in [0.4, 0.5) is 0 Å². The molecule has 1 amide bonds. The first kappa shape index (κ1) is 17.4. The first-order chi connectivity index (χ1) is 10.3. The van der Waals surface area contributed by atoms with Crippen LogP contribution < -0.4 is 5.32 Å². The SMILES string of the molecule is CCCc1ccccc1C(=O)NCCCCCCCC=O. The molecule has 0 saturated carbocycles. The van der Waals surface area contributed by atoms with Crippen LogP contribution in [-0.2, 0) is 11.2 Å². The molecule has 1 aromatic carbocycles. The molecule has 3 heteroatoms. The van der Waals surface area contributed by atoms with Crippen molar-refractivity contribution in [3.63, 3.8) is 0 Å². The van der Waals surface area contributed by atoms with E-state index in [2.05, 4.69) is 12.2 Å². The van der Waals surface area contributed by atoms with Gasteiger partial charge in [0.05, 0.1) is 0 Å². The molecular formula is C18H27NO2. The summed E-state index contributed by atoms with van der Waals surface area (Å²) in [4.78, 5) is 22.3. The van der Waals surface area contributed by atoms with Gasteiger partial charge in [0.25, 0.3) is 5.91 Å². The molecule has 21 heavy (non-hydrogen) atoms. The van der Waals surface area contributed by atoms with Gasteiger partial charge in [0, 0.05) is 18.5 Å². The fourth-order valence-corrected chi connectivity index (χ4v) is 2.41. The van der Waals surface area contributed by atoms with Crippen molar-refractivity contribution in [1.82, 2.24) is 5.32 Å². The zero-order chi connectivity index (χ0) is 15.3. The number of aldehydes is 1. The summed E-state index contributed by atoms with van der Waals surface area (Å²) in [6.45, 7) is 2.85. The van der Waals surface area contributed by atoms with E-state index in [0.29, 0.717) is 6.42 Å². The zero-order valence-electron chi connectivity index (χ0n) is 13.1. The summed E-state index contributed by atoms with van der Waals surface area (Å²) in [5.74, 6) is 0.0417. The number of carbonyl (C=O) groups is 2. The summed E-state index contributed by atoms with van der Waals surface area (Å²) in [5, 5.41) is 3.00. The summed E-state index contributed by atoms with van der Waals surface area (Å²) in [7, 11) is 0. The van der Waals surface area contributed by atoms with Crippen LogP contribution in [0.2, 0.25) is 0 Å². The van der Waals surface area contributed by atoms with Crippen LogP contribution in [0.15, 0.2) is 24.3 Å². The molecular weight excluding hydrogens is 262 g/mol. The fourth-order valence-electron chi connectivity index (χ4n) is 2.41. The van der Waals surface area contributed by atoms with Gasteiger partial charge in [0.1, 0.15) is 6.29 Å². The normalized spacial score (nSPS) is 10.3. The number of hydrogen-bond donors (Lipinski definition) is 1. The van der Waals surface area contributed by atoms with Gasteiger partial charge in [-0.05, 0) is 30.9 Å². The standard InChI is InChI=1S/C18H27NO2/c1-2-11-16-12-7-8-13-17(16)18(21)19-14-9-5-3-4-6-10-15-20/h7-8,12-13,15H,2-6,9-11,14H2,1H3,(H,19,21). The molecule has 0 spiro atoms. The Labute approximate surface area is 128 Å². The monoisotopic (exact) mass is 289 g/mol. The van der Waals surface area contributed by atoms with E-state index in [1.165, 1.54) is 0 Å². The lowest BCUT2D eigenvalue weighted by atomic mass is 10.0. The van der Waals surface area contributed by atoms with Gasteiger partial charge < -0.3 is 10.1 Å². The first-order valence-corrected chi connectivity index (χ1v) is 8.09. The number of rotatable bonds is 11. The van der Waals surface area contributed by atoms with E-state index < -0.39 is 0 Å². The van der Waals surface area contributed by atoms with E-state index in [1.807, 2.05) is 24.3 Å². The summed E-state index contributed by atoms with van der Waals surface area (Å²) in [6.07, 6.45) is 8.98. The van der Waals surface area contributed by atoms with E-state index in [-0.39, 0.29) is 5.91 Å². The highest BCUT2D eigenvalue weighted by Crippen LogP contribution is 2.11. The minimum absolute atomic E-state index is 0.0417. The second-order valence-corrected chi connectivity index (χ2v) is 5.39. The molecule has 0 unspecified atom stereocenters. The van der Waals surface area contributed by atoms with Crippen LogP contribution in [0.3, 0.4) is 0 Å². The highest BCUT2D eigenvalue weighted by Gasteiger charge is 2.09. The highest BCUT2D eigenvalue weighted by atomic mass is 16.1. The molecule has 116 valence electrons. The molecule has 0 heterocycles. The molecule has 0 radical (unpaired) electrons. The number of benzene rings is 1. The summed E-state index contributed by atoms with van der Waals surface area (Å²) < 4.78 is 0.